The predicted molar refractivity (Wildman–Crippen MR) is 106 cm³/mol. The smallest absolute Gasteiger partial charge is 0.278 e. The van der Waals surface area contributed by atoms with E-state index in [0.717, 1.165) is 17.9 Å². The standard InChI is InChI=1S/C20H20N6O2/c1-14-19(24-26(23-14)17-5-3-2-4-6-17)20(28)22-15-7-9-16(10-8-15)25-12-11-21-18(27)13-25/h2-10H,11-13H2,1H3,(H,21,27)(H,22,28). The minimum Gasteiger partial charge on any atom is -0.360 e. The molecule has 1 aliphatic rings. The molecule has 2 amide bonds. The Labute approximate surface area is 162 Å². The van der Waals surface area contributed by atoms with Gasteiger partial charge in [0.05, 0.1) is 17.9 Å². The topological polar surface area (TPSA) is 92.2 Å². The van der Waals surface area contributed by atoms with Crippen molar-refractivity contribution in [1.29, 1.82) is 0 Å². The van der Waals surface area contributed by atoms with E-state index in [1.165, 1.54) is 4.80 Å². The van der Waals surface area contributed by atoms with Crippen LogP contribution in [0.3, 0.4) is 0 Å². The zero-order valence-electron chi connectivity index (χ0n) is 15.4. The van der Waals surface area contributed by atoms with E-state index in [1.807, 2.05) is 59.5 Å². The van der Waals surface area contributed by atoms with Gasteiger partial charge in [-0.15, -0.1) is 5.10 Å². The van der Waals surface area contributed by atoms with E-state index >= 15 is 0 Å². The minimum absolute atomic E-state index is 0.0145. The van der Waals surface area contributed by atoms with Crippen LogP contribution in [-0.4, -0.2) is 46.4 Å². The number of rotatable bonds is 4. The molecule has 1 aliphatic heterocycles. The van der Waals surface area contributed by atoms with Crippen LogP contribution in [-0.2, 0) is 4.79 Å². The number of piperazine rings is 1. The molecule has 4 rings (SSSR count). The molecule has 0 unspecified atom stereocenters. The maximum Gasteiger partial charge on any atom is 0.278 e. The van der Waals surface area contributed by atoms with Gasteiger partial charge in [0.2, 0.25) is 5.91 Å². The average molecular weight is 376 g/mol. The van der Waals surface area contributed by atoms with E-state index in [2.05, 4.69) is 20.8 Å². The summed E-state index contributed by atoms with van der Waals surface area (Å²) in [6.07, 6.45) is 0. The number of benzene rings is 2. The molecule has 142 valence electrons. The van der Waals surface area contributed by atoms with Crippen molar-refractivity contribution >= 4 is 23.2 Å². The fraction of sp³-hybridized carbons (Fsp3) is 0.200. The molecule has 0 spiro atoms. The van der Waals surface area contributed by atoms with Crippen LogP contribution in [0.5, 0.6) is 0 Å². The Morgan fingerprint density at radius 2 is 1.79 bits per heavy atom. The molecular weight excluding hydrogens is 356 g/mol. The van der Waals surface area contributed by atoms with Gasteiger partial charge in [0.15, 0.2) is 5.69 Å². The molecule has 2 aromatic carbocycles. The highest BCUT2D eigenvalue weighted by atomic mass is 16.2. The summed E-state index contributed by atoms with van der Waals surface area (Å²) >= 11 is 0. The van der Waals surface area contributed by atoms with Gasteiger partial charge in [-0.25, -0.2) is 0 Å². The summed E-state index contributed by atoms with van der Waals surface area (Å²) in [5.74, 6) is -0.301. The van der Waals surface area contributed by atoms with Crippen molar-refractivity contribution < 1.29 is 9.59 Å². The summed E-state index contributed by atoms with van der Waals surface area (Å²) in [5, 5.41) is 14.3. The Bertz CT molecular complexity index is 997. The molecule has 2 N–H and O–H groups in total. The fourth-order valence-electron chi connectivity index (χ4n) is 3.07. The third-order valence-electron chi connectivity index (χ3n) is 4.51. The maximum absolute atomic E-state index is 12.6. The van der Waals surface area contributed by atoms with Crippen LogP contribution < -0.4 is 15.5 Å². The fourth-order valence-corrected chi connectivity index (χ4v) is 3.07. The molecule has 28 heavy (non-hydrogen) atoms. The van der Waals surface area contributed by atoms with Crippen molar-refractivity contribution in [1.82, 2.24) is 20.3 Å². The summed E-state index contributed by atoms with van der Waals surface area (Å²) in [5.41, 5.74) is 3.22. The number of carbonyl (C=O) groups is 2. The average Bonchev–Trinajstić information content (AvgIpc) is 3.11. The van der Waals surface area contributed by atoms with Crippen LogP contribution in [0.2, 0.25) is 0 Å². The van der Waals surface area contributed by atoms with Gasteiger partial charge in [-0.2, -0.15) is 9.90 Å². The minimum atomic E-state index is -0.315. The zero-order chi connectivity index (χ0) is 19.5. The molecule has 0 bridgehead atoms. The number of amides is 2. The normalized spacial score (nSPS) is 13.9. The second-order valence-electron chi connectivity index (χ2n) is 6.53. The summed E-state index contributed by atoms with van der Waals surface area (Å²) in [4.78, 5) is 27.6. The van der Waals surface area contributed by atoms with Gasteiger partial charge in [-0.3, -0.25) is 9.59 Å². The Kier molecular flexibility index (Phi) is 4.76. The van der Waals surface area contributed by atoms with Gasteiger partial charge >= 0.3 is 0 Å². The lowest BCUT2D eigenvalue weighted by molar-refractivity contribution is -0.120. The molecule has 1 fully saturated rings. The number of hydrogen-bond donors (Lipinski definition) is 2. The number of aromatic nitrogens is 3. The van der Waals surface area contributed by atoms with Crippen molar-refractivity contribution in [2.24, 2.45) is 0 Å². The second kappa shape index (κ2) is 7.51. The van der Waals surface area contributed by atoms with Crippen LogP contribution >= 0.6 is 0 Å². The molecule has 1 saturated heterocycles. The highest BCUT2D eigenvalue weighted by Crippen LogP contribution is 2.19. The Morgan fingerprint density at radius 1 is 1.04 bits per heavy atom. The Balaban J connectivity index is 1.46. The van der Waals surface area contributed by atoms with Crippen LogP contribution in [0.4, 0.5) is 11.4 Å². The Hall–Kier alpha value is -3.68. The first-order chi connectivity index (χ1) is 13.6. The van der Waals surface area contributed by atoms with Crippen molar-refractivity contribution in [3.63, 3.8) is 0 Å². The number of hydrogen-bond acceptors (Lipinski definition) is 5. The molecule has 1 aromatic heterocycles. The molecule has 8 nitrogen and oxygen atoms in total. The number of para-hydroxylation sites is 1. The van der Waals surface area contributed by atoms with Gasteiger partial charge in [0, 0.05) is 24.5 Å². The lowest BCUT2D eigenvalue weighted by Crippen LogP contribution is -2.47. The van der Waals surface area contributed by atoms with Crippen LogP contribution in [0, 0.1) is 6.92 Å². The number of aryl methyl sites for hydroxylation is 1. The number of anilines is 2. The van der Waals surface area contributed by atoms with E-state index in [1.54, 1.807) is 6.92 Å². The Morgan fingerprint density at radius 3 is 2.50 bits per heavy atom. The van der Waals surface area contributed by atoms with E-state index in [4.69, 9.17) is 0 Å². The third kappa shape index (κ3) is 3.71. The first-order valence-electron chi connectivity index (χ1n) is 9.02. The van der Waals surface area contributed by atoms with E-state index in [-0.39, 0.29) is 17.5 Å². The quantitative estimate of drug-likeness (QED) is 0.724. The van der Waals surface area contributed by atoms with Gasteiger partial charge in [0.1, 0.15) is 0 Å². The van der Waals surface area contributed by atoms with E-state index in [9.17, 15) is 9.59 Å². The lowest BCUT2D eigenvalue weighted by atomic mass is 10.2. The third-order valence-corrected chi connectivity index (χ3v) is 4.51. The van der Waals surface area contributed by atoms with Crippen molar-refractivity contribution in [3.8, 4) is 5.69 Å². The summed E-state index contributed by atoms with van der Waals surface area (Å²) in [6, 6.07) is 16.9. The SMILES string of the molecule is Cc1nn(-c2ccccc2)nc1C(=O)Nc1ccc(N2CCNC(=O)C2)cc1. The van der Waals surface area contributed by atoms with Crippen molar-refractivity contribution in [2.45, 2.75) is 6.92 Å². The first kappa shape index (κ1) is 17.7. The highest BCUT2D eigenvalue weighted by molar-refractivity contribution is 6.03. The van der Waals surface area contributed by atoms with Gasteiger partial charge in [-0.1, -0.05) is 18.2 Å². The van der Waals surface area contributed by atoms with E-state index in [0.29, 0.717) is 24.5 Å². The van der Waals surface area contributed by atoms with Gasteiger partial charge in [0.25, 0.3) is 5.91 Å². The lowest BCUT2D eigenvalue weighted by Gasteiger charge is -2.28. The summed E-state index contributed by atoms with van der Waals surface area (Å²) in [6.45, 7) is 3.49. The van der Waals surface area contributed by atoms with Gasteiger partial charge in [-0.05, 0) is 43.3 Å². The largest absolute Gasteiger partial charge is 0.360 e. The highest BCUT2D eigenvalue weighted by Gasteiger charge is 2.18. The predicted octanol–water partition coefficient (Wildman–Crippen LogP) is 1.76. The molecular formula is C20H20N6O2. The maximum atomic E-state index is 12.6. The first-order valence-corrected chi connectivity index (χ1v) is 9.02. The molecule has 8 heteroatoms. The molecule has 0 atom stereocenters. The zero-order valence-corrected chi connectivity index (χ0v) is 15.4. The monoisotopic (exact) mass is 376 g/mol. The van der Waals surface area contributed by atoms with Crippen molar-refractivity contribution in [3.05, 3.63) is 66.0 Å². The number of nitrogens with one attached hydrogen (secondary N) is 2. The number of carbonyl (C=O) groups excluding carboxylic acids is 2. The summed E-state index contributed by atoms with van der Waals surface area (Å²) < 4.78 is 0. The van der Waals surface area contributed by atoms with Crippen LogP contribution in [0.1, 0.15) is 16.2 Å². The molecule has 2 heterocycles. The van der Waals surface area contributed by atoms with Crippen LogP contribution in [0.25, 0.3) is 5.69 Å². The molecule has 0 aliphatic carbocycles. The summed E-state index contributed by atoms with van der Waals surface area (Å²) in [7, 11) is 0. The molecule has 3 aromatic rings. The van der Waals surface area contributed by atoms with Crippen LogP contribution in [0.15, 0.2) is 54.6 Å². The van der Waals surface area contributed by atoms with E-state index < -0.39 is 0 Å². The second-order valence-corrected chi connectivity index (χ2v) is 6.53. The number of nitrogens with zero attached hydrogens (tertiary/aromatic N) is 4. The van der Waals surface area contributed by atoms with Gasteiger partial charge < -0.3 is 15.5 Å². The molecule has 0 saturated carbocycles. The molecule has 0 radical (unpaired) electrons. The van der Waals surface area contributed by atoms with Crippen molar-refractivity contribution in [2.75, 3.05) is 29.9 Å².